The zero-order valence-corrected chi connectivity index (χ0v) is 18.8. The molecule has 1 amide bonds. The minimum Gasteiger partial charge on any atom is -0.493 e. The minimum atomic E-state index is -0.552. The molecule has 0 heterocycles. The highest BCUT2D eigenvalue weighted by Crippen LogP contribution is 2.30. The van der Waals surface area contributed by atoms with Crippen LogP contribution in [-0.4, -0.2) is 45.7 Å². The Hall–Kier alpha value is -1.71. The number of rotatable bonds is 8. The number of carbonyl (C=O) groups is 1. The Morgan fingerprint density at radius 3 is 2.42 bits per heavy atom. The van der Waals surface area contributed by atoms with E-state index >= 15 is 0 Å². The summed E-state index contributed by atoms with van der Waals surface area (Å²) in [6.45, 7) is 9.21. The molecule has 0 aromatic heterocycles. The van der Waals surface area contributed by atoms with Crippen LogP contribution in [0.5, 0.6) is 11.5 Å². The third-order valence-electron chi connectivity index (χ3n) is 3.60. The van der Waals surface area contributed by atoms with E-state index in [-0.39, 0.29) is 29.9 Å². The molecule has 26 heavy (non-hydrogen) atoms. The summed E-state index contributed by atoms with van der Waals surface area (Å²) in [6.07, 6.45) is 0. The Balaban J connectivity index is 0.00000625. The highest BCUT2D eigenvalue weighted by molar-refractivity contribution is 14.0. The molecular weight excluding hydrogens is 447 g/mol. The summed E-state index contributed by atoms with van der Waals surface area (Å²) in [7, 11) is 3.29. The first kappa shape index (κ1) is 24.3. The summed E-state index contributed by atoms with van der Waals surface area (Å²) in [5.74, 6) is 1.91. The number of nitrogens with zero attached hydrogens (tertiary/aromatic N) is 1. The van der Waals surface area contributed by atoms with E-state index in [1.807, 2.05) is 45.9 Å². The van der Waals surface area contributed by atoms with E-state index in [4.69, 9.17) is 9.47 Å². The Morgan fingerprint density at radius 2 is 1.88 bits per heavy atom. The molecule has 0 aliphatic rings. The second-order valence-corrected chi connectivity index (χ2v) is 6.09. The minimum absolute atomic E-state index is 0. The van der Waals surface area contributed by atoms with Crippen LogP contribution < -0.4 is 25.4 Å². The summed E-state index contributed by atoms with van der Waals surface area (Å²) in [4.78, 5) is 16.3. The normalized spacial score (nSPS) is 11.2. The smallest absolute Gasteiger partial charge is 0.227 e. The van der Waals surface area contributed by atoms with Crippen molar-refractivity contribution in [3.05, 3.63) is 18.2 Å². The number of amides is 1. The van der Waals surface area contributed by atoms with Crippen LogP contribution in [0.15, 0.2) is 23.2 Å². The molecule has 0 saturated carbocycles. The van der Waals surface area contributed by atoms with E-state index < -0.39 is 5.41 Å². The number of hydrogen-bond acceptors (Lipinski definition) is 4. The van der Waals surface area contributed by atoms with Crippen molar-refractivity contribution in [2.75, 3.05) is 39.2 Å². The Bertz CT molecular complexity index is 606. The second kappa shape index (κ2) is 11.8. The molecule has 3 N–H and O–H groups in total. The molecule has 0 spiro atoms. The number of carbonyl (C=O) groups excluding carboxylic acids is 1. The largest absolute Gasteiger partial charge is 0.493 e. The van der Waals surface area contributed by atoms with Crippen LogP contribution >= 0.6 is 24.0 Å². The van der Waals surface area contributed by atoms with E-state index in [0.717, 1.165) is 5.69 Å². The van der Waals surface area contributed by atoms with Gasteiger partial charge in [0.05, 0.1) is 19.1 Å². The summed E-state index contributed by atoms with van der Waals surface area (Å²) < 4.78 is 10.9. The van der Waals surface area contributed by atoms with Crippen molar-refractivity contribution in [3.63, 3.8) is 0 Å². The fraction of sp³-hybridized carbons (Fsp3) is 0.556. The van der Waals surface area contributed by atoms with Crippen LogP contribution in [-0.2, 0) is 4.79 Å². The standard InChI is InChI=1S/C18H30N4O3.HI/c1-7-20-16(23)18(3,4)12-21-17(19-5)22-13-9-10-14(24-6)15(11-13)25-8-2;/h9-11H,7-8,12H2,1-6H3,(H,20,23)(H2,19,21,22);1H. The lowest BCUT2D eigenvalue weighted by Gasteiger charge is -2.25. The fourth-order valence-corrected chi connectivity index (χ4v) is 2.12. The van der Waals surface area contributed by atoms with Crippen molar-refractivity contribution in [2.24, 2.45) is 10.4 Å². The lowest BCUT2D eigenvalue weighted by molar-refractivity contribution is -0.128. The van der Waals surface area contributed by atoms with E-state index in [1.54, 1.807) is 14.2 Å². The fourth-order valence-electron chi connectivity index (χ4n) is 2.12. The summed E-state index contributed by atoms with van der Waals surface area (Å²) in [5, 5.41) is 9.22. The number of aliphatic imine (C=N–C) groups is 1. The summed E-state index contributed by atoms with van der Waals surface area (Å²) in [5.41, 5.74) is 0.262. The first-order valence-corrected chi connectivity index (χ1v) is 8.44. The zero-order valence-electron chi connectivity index (χ0n) is 16.4. The zero-order chi connectivity index (χ0) is 18.9. The number of ether oxygens (including phenoxy) is 2. The molecular formula is C18H31IN4O3. The van der Waals surface area contributed by atoms with E-state index in [9.17, 15) is 4.79 Å². The van der Waals surface area contributed by atoms with Gasteiger partial charge in [-0.1, -0.05) is 0 Å². The summed E-state index contributed by atoms with van der Waals surface area (Å²) >= 11 is 0. The number of halogens is 1. The predicted octanol–water partition coefficient (Wildman–Crippen LogP) is 2.86. The SMILES string of the molecule is CCNC(=O)C(C)(C)CNC(=NC)Nc1ccc(OC)c(OCC)c1.I. The molecule has 1 rings (SSSR count). The highest BCUT2D eigenvalue weighted by Gasteiger charge is 2.27. The average molecular weight is 478 g/mol. The monoisotopic (exact) mass is 478 g/mol. The maximum Gasteiger partial charge on any atom is 0.227 e. The van der Waals surface area contributed by atoms with Crippen molar-refractivity contribution >= 4 is 41.5 Å². The van der Waals surface area contributed by atoms with Crippen LogP contribution in [0, 0.1) is 5.41 Å². The molecule has 0 bridgehead atoms. The first-order valence-electron chi connectivity index (χ1n) is 8.44. The van der Waals surface area contributed by atoms with Gasteiger partial charge < -0.3 is 25.4 Å². The Labute approximate surface area is 173 Å². The van der Waals surface area contributed by atoms with Gasteiger partial charge in [-0.2, -0.15) is 0 Å². The van der Waals surface area contributed by atoms with Gasteiger partial charge in [0, 0.05) is 31.9 Å². The topological polar surface area (TPSA) is 84.0 Å². The van der Waals surface area contributed by atoms with Crippen molar-refractivity contribution in [3.8, 4) is 11.5 Å². The summed E-state index contributed by atoms with van der Waals surface area (Å²) in [6, 6.07) is 5.56. The van der Waals surface area contributed by atoms with E-state index in [0.29, 0.717) is 37.2 Å². The molecule has 0 aliphatic heterocycles. The first-order chi connectivity index (χ1) is 11.9. The molecule has 1 aromatic carbocycles. The second-order valence-electron chi connectivity index (χ2n) is 6.09. The maximum atomic E-state index is 12.1. The molecule has 8 heteroatoms. The molecule has 7 nitrogen and oxygen atoms in total. The van der Waals surface area contributed by atoms with Gasteiger partial charge in [-0.15, -0.1) is 24.0 Å². The Morgan fingerprint density at radius 1 is 1.19 bits per heavy atom. The van der Waals surface area contributed by atoms with E-state index in [2.05, 4.69) is 20.9 Å². The molecule has 0 saturated heterocycles. The van der Waals surface area contributed by atoms with Crippen molar-refractivity contribution in [1.82, 2.24) is 10.6 Å². The lowest BCUT2D eigenvalue weighted by atomic mass is 9.92. The molecule has 0 unspecified atom stereocenters. The molecule has 148 valence electrons. The Kier molecular flexibility index (Phi) is 11.0. The third-order valence-corrected chi connectivity index (χ3v) is 3.60. The van der Waals surface area contributed by atoms with E-state index in [1.165, 1.54) is 0 Å². The number of benzene rings is 1. The third kappa shape index (κ3) is 7.27. The number of nitrogens with one attached hydrogen (secondary N) is 3. The van der Waals surface area contributed by atoms with Crippen LogP contribution in [0.4, 0.5) is 5.69 Å². The van der Waals surface area contributed by atoms with Gasteiger partial charge in [-0.3, -0.25) is 9.79 Å². The molecule has 1 aromatic rings. The quantitative estimate of drug-likeness (QED) is 0.304. The van der Waals surface area contributed by atoms with Crippen molar-refractivity contribution in [2.45, 2.75) is 27.7 Å². The van der Waals surface area contributed by atoms with Gasteiger partial charge in [-0.25, -0.2) is 0 Å². The number of guanidine groups is 1. The van der Waals surface area contributed by atoms with Gasteiger partial charge in [0.2, 0.25) is 5.91 Å². The molecule has 0 atom stereocenters. The van der Waals surface area contributed by atoms with Gasteiger partial charge in [0.1, 0.15) is 0 Å². The highest BCUT2D eigenvalue weighted by atomic mass is 127. The number of hydrogen-bond donors (Lipinski definition) is 3. The molecule has 0 aliphatic carbocycles. The molecule has 0 radical (unpaired) electrons. The van der Waals surface area contributed by atoms with Crippen LogP contribution in [0.3, 0.4) is 0 Å². The van der Waals surface area contributed by atoms with Gasteiger partial charge in [-0.05, 0) is 39.8 Å². The average Bonchev–Trinajstić information content (AvgIpc) is 2.59. The van der Waals surface area contributed by atoms with Crippen molar-refractivity contribution < 1.29 is 14.3 Å². The number of anilines is 1. The van der Waals surface area contributed by atoms with Gasteiger partial charge in [0.25, 0.3) is 0 Å². The van der Waals surface area contributed by atoms with Crippen LogP contribution in [0.1, 0.15) is 27.7 Å². The predicted molar refractivity (Wildman–Crippen MR) is 117 cm³/mol. The maximum absolute atomic E-state index is 12.1. The van der Waals surface area contributed by atoms with Crippen LogP contribution in [0.2, 0.25) is 0 Å². The molecule has 0 fully saturated rings. The van der Waals surface area contributed by atoms with Gasteiger partial charge >= 0.3 is 0 Å². The number of methoxy groups -OCH3 is 1. The van der Waals surface area contributed by atoms with Crippen molar-refractivity contribution in [1.29, 1.82) is 0 Å². The van der Waals surface area contributed by atoms with Gasteiger partial charge in [0.15, 0.2) is 17.5 Å². The lowest BCUT2D eigenvalue weighted by Crippen LogP contribution is -2.46. The van der Waals surface area contributed by atoms with Crippen LogP contribution in [0.25, 0.3) is 0 Å².